The van der Waals surface area contributed by atoms with Crippen LogP contribution in [0.25, 0.3) is 0 Å². The SMILES string of the molecule is CC.CN1CCN(c2ccc(NC(=O)c3c(Cl)cc[nH]c3=O)cc2)CC1. The Morgan fingerprint density at radius 1 is 1.08 bits per heavy atom. The van der Waals surface area contributed by atoms with Crippen LogP contribution in [0, 0.1) is 0 Å². The van der Waals surface area contributed by atoms with Gasteiger partial charge in [0.05, 0.1) is 5.02 Å². The Morgan fingerprint density at radius 3 is 2.27 bits per heavy atom. The number of hydrogen-bond acceptors (Lipinski definition) is 4. The van der Waals surface area contributed by atoms with Crippen molar-refractivity contribution in [2.75, 3.05) is 43.4 Å². The molecule has 1 fully saturated rings. The molecule has 6 nitrogen and oxygen atoms in total. The summed E-state index contributed by atoms with van der Waals surface area (Å²) < 4.78 is 0. The fourth-order valence-electron chi connectivity index (χ4n) is 2.68. The molecule has 0 aliphatic carbocycles. The van der Waals surface area contributed by atoms with Crippen LogP contribution in [0.15, 0.2) is 41.3 Å². The predicted octanol–water partition coefficient (Wildman–Crippen LogP) is 3.06. The van der Waals surface area contributed by atoms with Crippen LogP contribution in [0.3, 0.4) is 0 Å². The third kappa shape index (κ3) is 4.86. The zero-order valence-corrected chi connectivity index (χ0v) is 16.1. The van der Waals surface area contributed by atoms with E-state index in [2.05, 4.69) is 27.1 Å². The van der Waals surface area contributed by atoms with Crippen molar-refractivity contribution in [2.45, 2.75) is 13.8 Å². The molecule has 1 amide bonds. The normalized spacial score (nSPS) is 14.4. The van der Waals surface area contributed by atoms with E-state index in [4.69, 9.17) is 11.6 Å². The smallest absolute Gasteiger partial charge is 0.262 e. The van der Waals surface area contributed by atoms with E-state index in [0.717, 1.165) is 31.9 Å². The number of anilines is 2. The second-order valence-corrected chi connectivity index (χ2v) is 6.23. The van der Waals surface area contributed by atoms with Crippen LogP contribution in [-0.4, -0.2) is 49.0 Å². The number of likely N-dealkylation sites (N-methyl/N-ethyl adjacent to an activating group) is 1. The number of nitrogens with zero attached hydrogens (tertiary/aromatic N) is 2. The second kappa shape index (κ2) is 9.40. The van der Waals surface area contributed by atoms with Gasteiger partial charge >= 0.3 is 0 Å². The molecule has 1 aromatic heterocycles. The van der Waals surface area contributed by atoms with E-state index in [0.29, 0.717) is 5.69 Å². The van der Waals surface area contributed by atoms with Gasteiger partial charge in [-0.2, -0.15) is 0 Å². The molecule has 1 saturated heterocycles. The fraction of sp³-hybridized carbons (Fsp3) is 0.368. The van der Waals surface area contributed by atoms with E-state index < -0.39 is 11.5 Å². The van der Waals surface area contributed by atoms with Crippen molar-refractivity contribution in [1.29, 1.82) is 0 Å². The average Bonchev–Trinajstić information content (AvgIpc) is 2.65. The number of carbonyl (C=O) groups is 1. The topological polar surface area (TPSA) is 68.4 Å². The maximum Gasteiger partial charge on any atom is 0.262 e. The molecule has 2 aromatic rings. The number of aromatic nitrogens is 1. The number of carbonyl (C=O) groups excluding carboxylic acids is 1. The summed E-state index contributed by atoms with van der Waals surface area (Å²) in [5.41, 5.74) is 1.16. The van der Waals surface area contributed by atoms with Crippen LogP contribution in [0.1, 0.15) is 24.2 Å². The Morgan fingerprint density at radius 2 is 1.69 bits per heavy atom. The maximum absolute atomic E-state index is 12.2. The molecular formula is C19H25ClN4O2. The van der Waals surface area contributed by atoms with Crippen molar-refractivity contribution >= 4 is 28.9 Å². The zero-order valence-electron chi connectivity index (χ0n) is 15.4. The van der Waals surface area contributed by atoms with Gasteiger partial charge in [0.25, 0.3) is 11.5 Å². The van der Waals surface area contributed by atoms with E-state index in [9.17, 15) is 9.59 Å². The Bertz CT molecular complexity index is 781. The molecule has 2 heterocycles. The van der Waals surface area contributed by atoms with Crippen LogP contribution in [0.4, 0.5) is 11.4 Å². The molecule has 1 aliphatic rings. The van der Waals surface area contributed by atoms with Crippen molar-refractivity contribution in [2.24, 2.45) is 0 Å². The number of halogens is 1. The number of amides is 1. The third-order valence-electron chi connectivity index (χ3n) is 4.13. The molecule has 2 N–H and O–H groups in total. The van der Waals surface area contributed by atoms with Gasteiger partial charge in [-0.05, 0) is 37.4 Å². The number of H-pyrrole nitrogens is 1. The zero-order chi connectivity index (χ0) is 19.1. The van der Waals surface area contributed by atoms with Gasteiger partial charge in [-0.3, -0.25) is 9.59 Å². The van der Waals surface area contributed by atoms with E-state index in [1.165, 1.54) is 12.3 Å². The molecule has 140 valence electrons. The Balaban J connectivity index is 0.00000117. The van der Waals surface area contributed by atoms with Crippen molar-refractivity contribution < 1.29 is 4.79 Å². The molecule has 7 heteroatoms. The largest absolute Gasteiger partial charge is 0.369 e. The number of nitrogens with one attached hydrogen (secondary N) is 2. The first-order chi connectivity index (χ1) is 12.5. The number of pyridine rings is 1. The molecule has 0 spiro atoms. The van der Waals surface area contributed by atoms with Crippen molar-refractivity contribution in [3.05, 3.63) is 57.5 Å². The summed E-state index contributed by atoms with van der Waals surface area (Å²) in [5, 5.41) is 2.84. The van der Waals surface area contributed by atoms with E-state index in [1.807, 2.05) is 38.1 Å². The highest BCUT2D eigenvalue weighted by Gasteiger charge is 2.16. The van der Waals surface area contributed by atoms with Gasteiger partial charge in [0.1, 0.15) is 5.56 Å². The lowest BCUT2D eigenvalue weighted by atomic mass is 10.2. The Hall–Kier alpha value is -2.31. The van der Waals surface area contributed by atoms with Crippen LogP contribution >= 0.6 is 11.6 Å². The van der Waals surface area contributed by atoms with Crippen LogP contribution in [-0.2, 0) is 0 Å². The van der Waals surface area contributed by atoms with Crippen molar-refractivity contribution in [3.63, 3.8) is 0 Å². The highest BCUT2D eigenvalue weighted by Crippen LogP contribution is 2.20. The summed E-state index contributed by atoms with van der Waals surface area (Å²) in [7, 11) is 2.12. The molecule has 3 rings (SSSR count). The van der Waals surface area contributed by atoms with Gasteiger partial charge < -0.3 is 20.1 Å². The van der Waals surface area contributed by atoms with Gasteiger partial charge in [0.2, 0.25) is 0 Å². The van der Waals surface area contributed by atoms with E-state index in [-0.39, 0.29) is 10.6 Å². The summed E-state index contributed by atoms with van der Waals surface area (Å²) in [6, 6.07) is 9.08. The minimum absolute atomic E-state index is 0.0812. The highest BCUT2D eigenvalue weighted by molar-refractivity contribution is 6.34. The lowest BCUT2D eigenvalue weighted by molar-refractivity contribution is 0.102. The molecule has 1 aromatic carbocycles. The highest BCUT2D eigenvalue weighted by atomic mass is 35.5. The lowest BCUT2D eigenvalue weighted by Gasteiger charge is -2.34. The Kier molecular flexibility index (Phi) is 7.24. The molecule has 0 unspecified atom stereocenters. The maximum atomic E-state index is 12.2. The summed E-state index contributed by atoms with van der Waals surface area (Å²) in [5.74, 6) is -0.519. The monoisotopic (exact) mass is 376 g/mol. The molecule has 0 saturated carbocycles. The molecule has 1 aliphatic heterocycles. The molecular weight excluding hydrogens is 352 g/mol. The van der Waals surface area contributed by atoms with Gasteiger partial charge in [-0.1, -0.05) is 25.4 Å². The lowest BCUT2D eigenvalue weighted by Crippen LogP contribution is -2.44. The third-order valence-corrected chi connectivity index (χ3v) is 4.45. The molecule has 0 radical (unpaired) electrons. The van der Waals surface area contributed by atoms with Gasteiger partial charge in [0, 0.05) is 43.8 Å². The molecule has 0 atom stereocenters. The first-order valence-electron chi connectivity index (χ1n) is 8.77. The predicted molar refractivity (Wildman–Crippen MR) is 108 cm³/mol. The summed E-state index contributed by atoms with van der Waals surface area (Å²) in [4.78, 5) is 31.1. The quantitative estimate of drug-likeness (QED) is 0.863. The minimum atomic E-state index is -0.519. The Labute approximate surface area is 158 Å². The first kappa shape index (κ1) is 20.0. The number of piperazine rings is 1. The molecule has 0 bridgehead atoms. The second-order valence-electron chi connectivity index (χ2n) is 5.82. The van der Waals surface area contributed by atoms with E-state index in [1.54, 1.807) is 0 Å². The average molecular weight is 377 g/mol. The van der Waals surface area contributed by atoms with Crippen molar-refractivity contribution in [1.82, 2.24) is 9.88 Å². The van der Waals surface area contributed by atoms with E-state index >= 15 is 0 Å². The van der Waals surface area contributed by atoms with Crippen molar-refractivity contribution in [3.8, 4) is 0 Å². The van der Waals surface area contributed by atoms with Gasteiger partial charge in [-0.15, -0.1) is 0 Å². The minimum Gasteiger partial charge on any atom is -0.369 e. The number of hydrogen-bond donors (Lipinski definition) is 2. The molecule has 26 heavy (non-hydrogen) atoms. The first-order valence-corrected chi connectivity index (χ1v) is 9.14. The summed E-state index contributed by atoms with van der Waals surface area (Å²) in [6.45, 7) is 8.04. The standard InChI is InChI=1S/C17H19ClN4O2.C2H6/c1-21-8-10-22(11-9-21)13-4-2-12(3-5-13)20-17(24)15-14(18)6-7-19-16(15)23;1-2/h2-7H,8-11H2,1H3,(H,19,23)(H,20,24);1-2H3. The number of benzene rings is 1. The van der Waals surface area contributed by atoms with Gasteiger partial charge in [-0.25, -0.2) is 0 Å². The number of rotatable bonds is 3. The number of aromatic amines is 1. The van der Waals surface area contributed by atoms with Crippen LogP contribution < -0.4 is 15.8 Å². The van der Waals surface area contributed by atoms with Crippen LogP contribution in [0.2, 0.25) is 5.02 Å². The fourth-order valence-corrected chi connectivity index (χ4v) is 2.91. The summed E-state index contributed by atoms with van der Waals surface area (Å²) in [6.07, 6.45) is 1.41. The van der Waals surface area contributed by atoms with Gasteiger partial charge in [0.15, 0.2) is 0 Å². The van der Waals surface area contributed by atoms with Crippen LogP contribution in [0.5, 0.6) is 0 Å². The summed E-state index contributed by atoms with van der Waals surface area (Å²) >= 11 is 5.94.